The predicted molar refractivity (Wildman–Crippen MR) is 114 cm³/mol. The topological polar surface area (TPSA) is 62.6 Å². The molecule has 1 aliphatic rings. The Labute approximate surface area is 177 Å². The maximum atomic E-state index is 12.8. The average molecular weight is 420 g/mol. The fourth-order valence-corrected chi connectivity index (χ4v) is 3.53. The van der Waals surface area contributed by atoms with Crippen molar-refractivity contribution in [1.82, 2.24) is 24.7 Å². The number of amides is 2. The second-order valence-corrected chi connectivity index (χ2v) is 8.02. The fourth-order valence-electron chi connectivity index (χ4n) is 3.32. The highest BCUT2D eigenvalue weighted by Crippen LogP contribution is 2.14. The van der Waals surface area contributed by atoms with Crippen molar-refractivity contribution in [3.63, 3.8) is 0 Å². The normalized spacial score (nSPS) is 14.9. The zero-order valence-corrected chi connectivity index (χ0v) is 17.9. The van der Waals surface area contributed by atoms with Gasteiger partial charge in [0.2, 0.25) is 0 Å². The van der Waals surface area contributed by atoms with E-state index in [-0.39, 0.29) is 12.1 Å². The molecule has 1 fully saturated rings. The van der Waals surface area contributed by atoms with E-state index < -0.39 is 0 Å². The summed E-state index contributed by atoms with van der Waals surface area (Å²) in [5.41, 5.74) is 1.10. The van der Waals surface area contributed by atoms with Gasteiger partial charge in [-0.3, -0.25) is 4.90 Å². The molecule has 2 aromatic rings. The Bertz CT molecular complexity index is 789. The van der Waals surface area contributed by atoms with Crippen LogP contribution in [0.3, 0.4) is 0 Å². The summed E-state index contributed by atoms with van der Waals surface area (Å²) < 4.78 is 7.48. The molecule has 1 aliphatic heterocycles. The van der Waals surface area contributed by atoms with Gasteiger partial charge in [-0.1, -0.05) is 23.7 Å². The third-order valence-corrected chi connectivity index (χ3v) is 5.10. The Morgan fingerprint density at radius 3 is 2.86 bits per heavy atom. The smallest absolute Gasteiger partial charge is 0.318 e. The number of morpholine rings is 1. The number of urea groups is 1. The van der Waals surface area contributed by atoms with E-state index in [9.17, 15) is 4.79 Å². The molecule has 0 bridgehead atoms. The van der Waals surface area contributed by atoms with Gasteiger partial charge in [0.05, 0.1) is 19.8 Å². The SMILES string of the molecule is CC(C)NC(=O)N(CCN1CCOCC1)Cc1nccn1Cc1cccc(Cl)c1. The van der Waals surface area contributed by atoms with Crippen LogP contribution in [0.25, 0.3) is 0 Å². The van der Waals surface area contributed by atoms with Gasteiger partial charge in [0.25, 0.3) is 0 Å². The van der Waals surface area contributed by atoms with Crippen molar-refractivity contribution in [1.29, 1.82) is 0 Å². The number of carbonyl (C=O) groups excluding carboxylic acids is 1. The van der Waals surface area contributed by atoms with Crippen LogP contribution in [0.15, 0.2) is 36.7 Å². The lowest BCUT2D eigenvalue weighted by Crippen LogP contribution is -2.47. The zero-order valence-electron chi connectivity index (χ0n) is 17.2. The molecule has 158 valence electrons. The third-order valence-electron chi connectivity index (χ3n) is 4.87. The Balaban J connectivity index is 1.68. The van der Waals surface area contributed by atoms with Gasteiger partial charge in [-0.25, -0.2) is 9.78 Å². The number of ether oxygens (including phenoxy) is 1. The number of benzene rings is 1. The monoisotopic (exact) mass is 419 g/mol. The van der Waals surface area contributed by atoms with Crippen LogP contribution >= 0.6 is 11.6 Å². The highest BCUT2D eigenvalue weighted by Gasteiger charge is 2.19. The second-order valence-electron chi connectivity index (χ2n) is 7.58. The van der Waals surface area contributed by atoms with Crippen LogP contribution in [0.5, 0.6) is 0 Å². The summed E-state index contributed by atoms with van der Waals surface area (Å²) in [6.07, 6.45) is 3.72. The molecule has 3 rings (SSSR count). The minimum atomic E-state index is -0.0643. The molecule has 0 atom stereocenters. The summed E-state index contributed by atoms with van der Waals surface area (Å²) in [7, 11) is 0. The maximum absolute atomic E-state index is 12.8. The van der Waals surface area contributed by atoms with Gasteiger partial charge in [0.1, 0.15) is 5.82 Å². The number of hydrogen-bond acceptors (Lipinski definition) is 4. The number of hydrogen-bond donors (Lipinski definition) is 1. The number of imidazole rings is 1. The van der Waals surface area contributed by atoms with Crippen molar-refractivity contribution in [2.75, 3.05) is 39.4 Å². The molecule has 0 spiro atoms. The molecule has 2 heterocycles. The molecule has 0 radical (unpaired) electrons. The van der Waals surface area contributed by atoms with E-state index in [1.807, 2.05) is 49.2 Å². The first kappa shape index (κ1) is 21.6. The van der Waals surface area contributed by atoms with E-state index in [1.165, 1.54) is 0 Å². The van der Waals surface area contributed by atoms with Gasteiger partial charge in [0.15, 0.2) is 0 Å². The summed E-state index contributed by atoms with van der Waals surface area (Å²) in [6.45, 7) is 9.84. The van der Waals surface area contributed by atoms with Gasteiger partial charge in [-0.05, 0) is 31.5 Å². The van der Waals surface area contributed by atoms with Crippen LogP contribution in [0, 0.1) is 0 Å². The van der Waals surface area contributed by atoms with Crippen LogP contribution in [0.1, 0.15) is 25.2 Å². The lowest BCUT2D eigenvalue weighted by molar-refractivity contribution is 0.0345. The quantitative estimate of drug-likeness (QED) is 0.714. The number of nitrogens with zero attached hydrogens (tertiary/aromatic N) is 4. The number of rotatable bonds is 8. The molecule has 1 aromatic heterocycles. The van der Waals surface area contributed by atoms with Crippen molar-refractivity contribution in [2.24, 2.45) is 0 Å². The van der Waals surface area contributed by atoms with E-state index in [2.05, 4.69) is 19.8 Å². The van der Waals surface area contributed by atoms with Crippen molar-refractivity contribution in [3.8, 4) is 0 Å². The average Bonchev–Trinajstić information content (AvgIpc) is 3.12. The Morgan fingerprint density at radius 2 is 2.14 bits per heavy atom. The molecular formula is C21H30ClN5O2. The van der Waals surface area contributed by atoms with Gasteiger partial charge >= 0.3 is 6.03 Å². The highest BCUT2D eigenvalue weighted by molar-refractivity contribution is 6.30. The largest absolute Gasteiger partial charge is 0.379 e. The molecule has 0 aliphatic carbocycles. The summed E-state index contributed by atoms with van der Waals surface area (Å²) in [5, 5.41) is 3.72. The Hall–Kier alpha value is -2.09. The van der Waals surface area contributed by atoms with Crippen LogP contribution in [0.2, 0.25) is 5.02 Å². The summed E-state index contributed by atoms with van der Waals surface area (Å²) in [6, 6.07) is 7.82. The lowest BCUT2D eigenvalue weighted by Gasteiger charge is -2.30. The van der Waals surface area contributed by atoms with Gasteiger partial charge < -0.3 is 19.5 Å². The molecule has 2 amide bonds. The molecule has 7 nitrogen and oxygen atoms in total. The van der Waals surface area contributed by atoms with E-state index in [4.69, 9.17) is 16.3 Å². The van der Waals surface area contributed by atoms with Crippen LogP contribution < -0.4 is 5.32 Å². The number of halogens is 1. The van der Waals surface area contributed by atoms with Crippen molar-refractivity contribution < 1.29 is 9.53 Å². The second kappa shape index (κ2) is 10.6. The highest BCUT2D eigenvalue weighted by atomic mass is 35.5. The molecule has 1 N–H and O–H groups in total. The van der Waals surface area contributed by atoms with Crippen molar-refractivity contribution in [3.05, 3.63) is 53.1 Å². The van der Waals surface area contributed by atoms with Crippen molar-refractivity contribution in [2.45, 2.75) is 33.0 Å². The van der Waals surface area contributed by atoms with Crippen LogP contribution in [0.4, 0.5) is 4.79 Å². The molecule has 8 heteroatoms. The first-order valence-electron chi connectivity index (χ1n) is 10.1. The third kappa shape index (κ3) is 6.73. The molecule has 1 aromatic carbocycles. The lowest BCUT2D eigenvalue weighted by atomic mass is 10.2. The molecule has 29 heavy (non-hydrogen) atoms. The minimum absolute atomic E-state index is 0.0643. The molecule has 0 saturated carbocycles. The molecular weight excluding hydrogens is 390 g/mol. The predicted octanol–water partition coefficient (Wildman–Crippen LogP) is 2.84. The van der Waals surface area contributed by atoms with E-state index >= 15 is 0 Å². The fraction of sp³-hybridized carbons (Fsp3) is 0.524. The summed E-state index contributed by atoms with van der Waals surface area (Å²) in [4.78, 5) is 21.5. The van der Waals surface area contributed by atoms with Gasteiger partial charge in [0, 0.05) is 56.2 Å². The van der Waals surface area contributed by atoms with Gasteiger partial charge in [-0.2, -0.15) is 0 Å². The van der Waals surface area contributed by atoms with Crippen LogP contribution in [-0.2, 0) is 17.8 Å². The molecule has 0 unspecified atom stereocenters. The van der Waals surface area contributed by atoms with E-state index in [1.54, 1.807) is 6.20 Å². The van der Waals surface area contributed by atoms with Crippen molar-refractivity contribution >= 4 is 17.6 Å². The van der Waals surface area contributed by atoms with E-state index in [0.717, 1.165) is 44.2 Å². The Kier molecular flexibility index (Phi) is 7.91. The van der Waals surface area contributed by atoms with Gasteiger partial charge in [-0.15, -0.1) is 0 Å². The minimum Gasteiger partial charge on any atom is -0.379 e. The standard InChI is InChI=1S/C21H30ClN5O2/c1-17(2)24-21(28)27(9-8-25-10-12-29-13-11-25)16-20-23-6-7-26(20)15-18-4-3-5-19(22)14-18/h3-7,14,17H,8-13,15-16H2,1-2H3,(H,24,28). The molecule has 1 saturated heterocycles. The maximum Gasteiger partial charge on any atom is 0.318 e. The number of carbonyl (C=O) groups is 1. The van der Waals surface area contributed by atoms with Crippen LogP contribution in [-0.4, -0.2) is 70.8 Å². The number of nitrogens with one attached hydrogen (secondary N) is 1. The Morgan fingerprint density at radius 1 is 1.34 bits per heavy atom. The van der Waals surface area contributed by atoms with E-state index in [0.29, 0.717) is 24.7 Å². The zero-order chi connectivity index (χ0) is 20.6. The summed E-state index contributed by atoms with van der Waals surface area (Å²) in [5.74, 6) is 0.853. The summed E-state index contributed by atoms with van der Waals surface area (Å²) >= 11 is 6.11. The first-order chi connectivity index (χ1) is 14.0. The first-order valence-corrected chi connectivity index (χ1v) is 10.5. The number of aromatic nitrogens is 2.